The van der Waals surface area contributed by atoms with Crippen molar-refractivity contribution in [1.82, 2.24) is 14.9 Å². The third-order valence-electron chi connectivity index (χ3n) is 5.43. The van der Waals surface area contributed by atoms with Crippen LogP contribution in [-0.2, 0) is 6.54 Å². The van der Waals surface area contributed by atoms with E-state index < -0.39 is 0 Å². The molecule has 0 saturated carbocycles. The highest BCUT2D eigenvalue weighted by atomic mass is 15.3. The van der Waals surface area contributed by atoms with Gasteiger partial charge in [0.25, 0.3) is 0 Å². The van der Waals surface area contributed by atoms with E-state index >= 15 is 0 Å². The SMILES string of the molecule is Cc1cc(N2CCN(Cc3ccccc3)CC2)nc(NC(C)c2ccccc2)n1. The standard InChI is InChI=1S/C24H29N5/c1-19-17-23(27-24(25-19)26-20(2)22-11-7-4-8-12-22)29-15-13-28(14-16-29)18-21-9-5-3-6-10-21/h3-12,17,20H,13-16,18H2,1-2H3,(H,25,26,27). The predicted molar refractivity (Wildman–Crippen MR) is 119 cm³/mol. The number of rotatable bonds is 6. The predicted octanol–water partition coefficient (Wildman–Crippen LogP) is 4.28. The molecule has 1 atom stereocenters. The molecule has 4 rings (SSSR count). The van der Waals surface area contributed by atoms with Crippen molar-refractivity contribution in [2.45, 2.75) is 26.4 Å². The van der Waals surface area contributed by atoms with Gasteiger partial charge in [0.2, 0.25) is 5.95 Å². The van der Waals surface area contributed by atoms with Crippen LogP contribution < -0.4 is 10.2 Å². The van der Waals surface area contributed by atoms with E-state index in [9.17, 15) is 0 Å². The molecule has 1 unspecified atom stereocenters. The molecule has 1 aliphatic rings. The number of benzene rings is 2. The van der Waals surface area contributed by atoms with Gasteiger partial charge in [-0.15, -0.1) is 0 Å². The molecule has 5 heteroatoms. The first kappa shape index (κ1) is 19.4. The Balaban J connectivity index is 1.39. The van der Waals surface area contributed by atoms with E-state index in [1.165, 1.54) is 11.1 Å². The van der Waals surface area contributed by atoms with Crippen LogP contribution in [0.2, 0.25) is 0 Å². The van der Waals surface area contributed by atoms with Gasteiger partial charge >= 0.3 is 0 Å². The van der Waals surface area contributed by atoms with Gasteiger partial charge in [-0.25, -0.2) is 4.98 Å². The fraction of sp³-hybridized carbons (Fsp3) is 0.333. The Morgan fingerprint density at radius 3 is 2.24 bits per heavy atom. The summed E-state index contributed by atoms with van der Waals surface area (Å²) in [6, 6.07) is 23.4. The molecule has 2 heterocycles. The molecule has 1 N–H and O–H groups in total. The Kier molecular flexibility index (Phi) is 6.06. The van der Waals surface area contributed by atoms with Gasteiger partial charge in [0.1, 0.15) is 5.82 Å². The molecule has 0 aliphatic carbocycles. The number of hydrogen-bond donors (Lipinski definition) is 1. The second-order valence-corrected chi connectivity index (χ2v) is 7.72. The lowest BCUT2D eigenvalue weighted by Gasteiger charge is -2.35. The zero-order chi connectivity index (χ0) is 20.1. The maximum Gasteiger partial charge on any atom is 0.225 e. The molecule has 0 radical (unpaired) electrons. The average Bonchev–Trinajstić information content (AvgIpc) is 2.75. The number of aryl methyl sites for hydroxylation is 1. The fourth-order valence-electron chi connectivity index (χ4n) is 3.77. The van der Waals surface area contributed by atoms with Crippen LogP contribution in [0.1, 0.15) is 29.8 Å². The van der Waals surface area contributed by atoms with E-state index in [-0.39, 0.29) is 6.04 Å². The third kappa shape index (κ3) is 5.12. The zero-order valence-electron chi connectivity index (χ0n) is 17.3. The van der Waals surface area contributed by atoms with Crippen LogP contribution in [0.3, 0.4) is 0 Å². The number of hydrogen-bond acceptors (Lipinski definition) is 5. The topological polar surface area (TPSA) is 44.3 Å². The summed E-state index contributed by atoms with van der Waals surface area (Å²) in [6.07, 6.45) is 0. The Bertz CT molecular complexity index is 905. The maximum atomic E-state index is 4.82. The van der Waals surface area contributed by atoms with Crippen LogP contribution in [0.5, 0.6) is 0 Å². The lowest BCUT2D eigenvalue weighted by atomic mass is 10.1. The Hall–Kier alpha value is -2.92. The van der Waals surface area contributed by atoms with Gasteiger partial charge in [0.15, 0.2) is 0 Å². The van der Waals surface area contributed by atoms with Crippen molar-refractivity contribution < 1.29 is 0 Å². The summed E-state index contributed by atoms with van der Waals surface area (Å²) in [5.74, 6) is 1.71. The molecule has 5 nitrogen and oxygen atoms in total. The van der Waals surface area contributed by atoms with Gasteiger partial charge in [-0.3, -0.25) is 4.90 Å². The number of aromatic nitrogens is 2. The maximum absolute atomic E-state index is 4.82. The third-order valence-corrected chi connectivity index (χ3v) is 5.43. The minimum absolute atomic E-state index is 0.161. The van der Waals surface area contributed by atoms with Crippen LogP contribution >= 0.6 is 0 Å². The molecule has 0 spiro atoms. The second-order valence-electron chi connectivity index (χ2n) is 7.72. The van der Waals surface area contributed by atoms with Gasteiger partial charge in [0, 0.05) is 44.5 Å². The Labute approximate surface area is 173 Å². The molecule has 2 aromatic carbocycles. The monoisotopic (exact) mass is 387 g/mol. The van der Waals surface area contributed by atoms with Crippen molar-refractivity contribution in [1.29, 1.82) is 0 Å². The molecule has 1 aliphatic heterocycles. The molecule has 3 aromatic rings. The number of piperazine rings is 1. The Morgan fingerprint density at radius 2 is 1.55 bits per heavy atom. The van der Waals surface area contributed by atoms with Crippen LogP contribution in [0.4, 0.5) is 11.8 Å². The summed E-state index contributed by atoms with van der Waals surface area (Å²) in [5.41, 5.74) is 3.60. The zero-order valence-corrected chi connectivity index (χ0v) is 17.3. The minimum atomic E-state index is 0.161. The van der Waals surface area contributed by atoms with E-state index in [1.54, 1.807) is 0 Å². The molecular weight excluding hydrogens is 358 g/mol. The minimum Gasteiger partial charge on any atom is -0.354 e. The van der Waals surface area contributed by atoms with Gasteiger partial charge < -0.3 is 10.2 Å². The molecule has 0 amide bonds. The molecular formula is C24H29N5. The van der Waals surface area contributed by atoms with Crippen molar-refractivity contribution in [3.05, 3.63) is 83.6 Å². The van der Waals surface area contributed by atoms with Gasteiger partial charge in [-0.2, -0.15) is 4.98 Å². The molecule has 29 heavy (non-hydrogen) atoms. The van der Waals surface area contributed by atoms with E-state index in [1.807, 2.05) is 13.0 Å². The van der Waals surface area contributed by atoms with Crippen molar-refractivity contribution in [3.63, 3.8) is 0 Å². The van der Waals surface area contributed by atoms with E-state index in [2.05, 4.69) is 87.7 Å². The number of nitrogens with one attached hydrogen (secondary N) is 1. The van der Waals surface area contributed by atoms with Crippen LogP contribution in [0.25, 0.3) is 0 Å². The molecule has 150 valence electrons. The summed E-state index contributed by atoms with van der Waals surface area (Å²) in [4.78, 5) is 14.3. The number of nitrogens with zero attached hydrogens (tertiary/aromatic N) is 4. The average molecular weight is 388 g/mol. The smallest absolute Gasteiger partial charge is 0.225 e. The first-order valence-corrected chi connectivity index (χ1v) is 10.4. The lowest BCUT2D eigenvalue weighted by Crippen LogP contribution is -2.46. The van der Waals surface area contributed by atoms with Crippen molar-refractivity contribution in [3.8, 4) is 0 Å². The molecule has 0 bridgehead atoms. The Morgan fingerprint density at radius 1 is 0.897 bits per heavy atom. The highest BCUT2D eigenvalue weighted by Crippen LogP contribution is 2.21. The highest BCUT2D eigenvalue weighted by molar-refractivity contribution is 5.46. The van der Waals surface area contributed by atoms with Crippen molar-refractivity contribution in [2.75, 3.05) is 36.4 Å². The van der Waals surface area contributed by atoms with Gasteiger partial charge in [-0.05, 0) is 25.0 Å². The van der Waals surface area contributed by atoms with Crippen LogP contribution in [0, 0.1) is 6.92 Å². The summed E-state index contributed by atoms with van der Waals surface area (Å²) in [6.45, 7) is 9.24. The van der Waals surface area contributed by atoms with E-state index in [4.69, 9.17) is 4.98 Å². The lowest BCUT2D eigenvalue weighted by molar-refractivity contribution is 0.249. The molecule has 1 fully saturated rings. The highest BCUT2D eigenvalue weighted by Gasteiger charge is 2.19. The summed E-state index contributed by atoms with van der Waals surface area (Å²) in [7, 11) is 0. The van der Waals surface area contributed by atoms with Crippen molar-refractivity contribution >= 4 is 11.8 Å². The van der Waals surface area contributed by atoms with E-state index in [0.717, 1.165) is 44.2 Å². The molecule has 1 aromatic heterocycles. The van der Waals surface area contributed by atoms with Gasteiger partial charge in [-0.1, -0.05) is 60.7 Å². The van der Waals surface area contributed by atoms with Crippen LogP contribution in [0.15, 0.2) is 66.7 Å². The second kappa shape index (κ2) is 9.05. The fourth-order valence-corrected chi connectivity index (χ4v) is 3.77. The first-order valence-electron chi connectivity index (χ1n) is 10.4. The summed E-state index contributed by atoms with van der Waals surface area (Å²) in [5, 5.41) is 3.46. The first-order chi connectivity index (χ1) is 14.2. The van der Waals surface area contributed by atoms with Crippen LogP contribution in [-0.4, -0.2) is 41.0 Å². The largest absolute Gasteiger partial charge is 0.354 e. The quantitative estimate of drug-likeness (QED) is 0.684. The van der Waals surface area contributed by atoms with E-state index in [0.29, 0.717) is 5.95 Å². The number of anilines is 2. The summed E-state index contributed by atoms with van der Waals surface area (Å²) < 4.78 is 0. The normalized spacial score (nSPS) is 15.9. The van der Waals surface area contributed by atoms with Crippen molar-refractivity contribution in [2.24, 2.45) is 0 Å². The molecule has 1 saturated heterocycles. The van der Waals surface area contributed by atoms with Gasteiger partial charge in [0.05, 0.1) is 6.04 Å². The summed E-state index contributed by atoms with van der Waals surface area (Å²) >= 11 is 0.